The van der Waals surface area contributed by atoms with Gasteiger partial charge in [0, 0.05) is 18.8 Å². The van der Waals surface area contributed by atoms with E-state index in [1.165, 1.54) is 15.6 Å². The highest BCUT2D eigenvalue weighted by atomic mass is 32.2. The van der Waals surface area contributed by atoms with E-state index in [-0.39, 0.29) is 10.8 Å². The first-order chi connectivity index (χ1) is 18.7. The minimum atomic E-state index is -3.84. The molecule has 1 unspecified atom stereocenters. The molecule has 0 bridgehead atoms. The van der Waals surface area contributed by atoms with Gasteiger partial charge in [-0.05, 0) is 70.9 Å². The minimum absolute atomic E-state index is 0.198. The number of aryl methyl sites for hydroxylation is 3. The number of aromatic nitrogens is 3. The van der Waals surface area contributed by atoms with Crippen molar-refractivity contribution in [3.8, 4) is 5.75 Å². The molecule has 1 aliphatic heterocycles. The first kappa shape index (κ1) is 27.3. The normalized spacial score (nSPS) is 16.2. The Balaban J connectivity index is 1.51. The lowest BCUT2D eigenvalue weighted by molar-refractivity contribution is -0.121. The summed E-state index contributed by atoms with van der Waals surface area (Å²) in [6, 6.07) is 13.7. The molecule has 39 heavy (non-hydrogen) atoms. The third-order valence-electron chi connectivity index (χ3n) is 6.92. The largest absolute Gasteiger partial charge is 0.492 e. The molecule has 0 radical (unpaired) electrons. The number of amides is 1. The Bertz CT molecular complexity index is 1590. The van der Waals surface area contributed by atoms with Crippen LogP contribution in [0.25, 0.3) is 10.2 Å². The molecule has 0 spiro atoms. The molecule has 0 N–H and O–H groups in total. The van der Waals surface area contributed by atoms with Crippen molar-refractivity contribution in [2.24, 2.45) is 0 Å². The predicted molar refractivity (Wildman–Crippen MR) is 153 cm³/mol. The van der Waals surface area contributed by atoms with Gasteiger partial charge < -0.3 is 4.74 Å². The number of para-hydroxylation sites is 1. The first-order valence-electron chi connectivity index (χ1n) is 13.1. The molecule has 1 fully saturated rings. The molecule has 9 nitrogen and oxygen atoms in total. The number of anilines is 1. The number of nitrogens with zero attached hydrogens (tertiary/aromatic N) is 5. The maximum Gasteiger partial charge on any atom is 0.247 e. The molecule has 11 heteroatoms. The Morgan fingerprint density at radius 1 is 1.15 bits per heavy atom. The average molecular weight is 568 g/mol. The topological polar surface area (TPSA) is 97.6 Å². The summed E-state index contributed by atoms with van der Waals surface area (Å²) in [5.74, 6) is 0.384. The van der Waals surface area contributed by atoms with Crippen molar-refractivity contribution in [3.05, 3.63) is 65.5 Å². The standard InChI is InChI=1S/C28H33N5O4S2/c1-5-37-24-9-6-10-25-26(24)29-28(38-25)31(16-17-32-21(4)18-20(3)30-32)27(34)23-8-7-15-33(23)39(35,36)22-13-11-19(2)12-14-22/h6,9-14,18,23H,5,7-8,15-17H2,1-4H3. The van der Waals surface area contributed by atoms with Gasteiger partial charge in [0.1, 0.15) is 17.3 Å². The Kier molecular flexibility index (Phi) is 7.75. The molecule has 0 saturated carbocycles. The highest BCUT2D eigenvalue weighted by Gasteiger charge is 2.42. The Morgan fingerprint density at radius 3 is 2.62 bits per heavy atom. The van der Waals surface area contributed by atoms with Gasteiger partial charge in [-0.1, -0.05) is 35.1 Å². The Morgan fingerprint density at radius 2 is 1.92 bits per heavy atom. The second-order valence-electron chi connectivity index (χ2n) is 9.76. The van der Waals surface area contributed by atoms with Crippen molar-refractivity contribution in [3.63, 3.8) is 0 Å². The van der Waals surface area contributed by atoms with Crippen LogP contribution in [0, 0.1) is 20.8 Å². The van der Waals surface area contributed by atoms with Crippen LogP contribution in [0.3, 0.4) is 0 Å². The molecule has 1 saturated heterocycles. The summed E-state index contributed by atoms with van der Waals surface area (Å²) < 4.78 is 37.1. The van der Waals surface area contributed by atoms with Crippen molar-refractivity contribution >= 4 is 42.6 Å². The Labute approximate surface area is 233 Å². The maximum absolute atomic E-state index is 14.2. The Hall–Kier alpha value is -3.28. The van der Waals surface area contributed by atoms with Crippen molar-refractivity contribution in [2.45, 2.75) is 58.0 Å². The summed E-state index contributed by atoms with van der Waals surface area (Å²) in [6.45, 7) is 9.30. The fourth-order valence-corrected chi connectivity index (χ4v) is 7.66. The summed E-state index contributed by atoms with van der Waals surface area (Å²) in [4.78, 5) is 20.9. The molecule has 206 valence electrons. The van der Waals surface area contributed by atoms with Gasteiger partial charge in [0.25, 0.3) is 0 Å². The average Bonchev–Trinajstić information content (AvgIpc) is 3.63. The van der Waals surface area contributed by atoms with E-state index in [0.29, 0.717) is 55.5 Å². The number of thiazole rings is 1. The van der Waals surface area contributed by atoms with E-state index in [1.807, 2.05) is 56.6 Å². The van der Waals surface area contributed by atoms with Gasteiger partial charge in [-0.2, -0.15) is 9.40 Å². The van der Waals surface area contributed by atoms with E-state index in [0.717, 1.165) is 21.7 Å². The van der Waals surface area contributed by atoms with Crippen molar-refractivity contribution < 1.29 is 17.9 Å². The molecular weight excluding hydrogens is 534 g/mol. The number of hydrogen-bond acceptors (Lipinski definition) is 7. The number of fused-ring (bicyclic) bond motifs is 1. The molecular formula is C28H33N5O4S2. The number of sulfonamides is 1. The maximum atomic E-state index is 14.2. The van der Waals surface area contributed by atoms with Crippen LogP contribution < -0.4 is 9.64 Å². The number of rotatable bonds is 9. The summed E-state index contributed by atoms with van der Waals surface area (Å²) in [5, 5.41) is 5.07. The van der Waals surface area contributed by atoms with Gasteiger partial charge in [-0.3, -0.25) is 14.4 Å². The zero-order chi connectivity index (χ0) is 27.7. The van der Waals surface area contributed by atoms with Gasteiger partial charge in [0.15, 0.2) is 5.13 Å². The van der Waals surface area contributed by atoms with Crippen LogP contribution in [0.1, 0.15) is 36.7 Å². The number of ether oxygens (including phenoxy) is 1. The smallest absolute Gasteiger partial charge is 0.247 e. The zero-order valence-electron chi connectivity index (χ0n) is 22.6. The molecule has 2 aromatic heterocycles. The lowest BCUT2D eigenvalue weighted by Gasteiger charge is -2.28. The number of carbonyl (C=O) groups is 1. The van der Waals surface area contributed by atoms with E-state index in [4.69, 9.17) is 9.72 Å². The summed E-state index contributed by atoms with van der Waals surface area (Å²) in [6.07, 6.45) is 1.07. The molecule has 2 aromatic carbocycles. The van der Waals surface area contributed by atoms with E-state index in [9.17, 15) is 13.2 Å². The van der Waals surface area contributed by atoms with E-state index < -0.39 is 16.1 Å². The van der Waals surface area contributed by atoms with Crippen molar-refractivity contribution in [1.29, 1.82) is 0 Å². The van der Waals surface area contributed by atoms with Gasteiger partial charge in [-0.15, -0.1) is 0 Å². The van der Waals surface area contributed by atoms with Crippen LogP contribution in [0.15, 0.2) is 53.4 Å². The molecule has 3 heterocycles. The monoisotopic (exact) mass is 567 g/mol. The zero-order valence-corrected chi connectivity index (χ0v) is 24.3. The summed E-state index contributed by atoms with van der Waals surface area (Å²) in [7, 11) is -3.84. The number of benzene rings is 2. The van der Waals surface area contributed by atoms with Crippen LogP contribution in [0.5, 0.6) is 5.75 Å². The molecule has 1 aliphatic rings. The van der Waals surface area contributed by atoms with Crippen molar-refractivity contribution in [2.75, 3.05) is 24.6 Å². The molecule has 4 aromatic rings. The highest BCUT2D eigenvalue weighted by molar-refractivity contribution is 7.89. The van der Waals surface area contributed by atoms with Crippen LogP contribution in [0.4, 0.5) is 5.13 Å². The number of carbonyl (C=O) groups excluding carboxylic acids is 1. The van der Waals surface area contributed by atoms with E-state index >= 15 is 0 Å². The molecule has 1 atom stereocenters. The highest BCUT2D eigenvalue weighted by Crippen LogP contribution is 2.36. The van der Waals surface area contributed by atoms with E-state index in [2.05, 4.69) is 5.10 Å². The molecule has 5 rings (SSSR count). The quantitative estimate of drug-likeness (QED) is 0.291. The fraction of sp³-hybridized carbons (Fsp3) is 0.393. The van der Waals surface area contributed by atoms with Crippen LogP contribution in [0.2, 0.25) is 0 Å². The summed E-state index contributed by atoms with van der Waals surface area (Å²) in [5.41, 5.74) is 3.56. The third kappa shape index (κ3) is 5.43. The van der Waals surface area contributed by atoms with Gasteiger partial charge in [0.05, 0.1) is 28.4 Å². The first-order valence-corrected chi connectivity index (χ1v) is 15.4. The number of hydrogen-bond donors (Lipinski definition) is 0. The molecule has 1 amide bonds. The van der Waals surface area contributed by atoms with Crippen LogP contribution >= 0.6 is 11.3 Å². The third-order valence-corrected chi connectivity index (χ3v) is 9.89. The SMILES string of the molecule is CCOc1cccc2sc(N(CCn3nc(C)cc3C)C(=O)C3CCCN3S(=O)(=O)c3ccc(C)cc3)nc12. The van der Waals surface area contributed by atoms with Crippen LogP contribution in [-0.4, -0.2) is 59.1 Å². The predicted octanol–water partition coefficient (Wildman–Crippen LogP) is 4.70. The van der Waals surface area contributed by atoms with E-state index in [1.54, 1.807) is 29.2 Å². The van der Waals surface area contributed by atoms with Gasteiger partial charge in [0.2, 0.25) is 15.9 Å². The lowest BCUT2D eigenvalue weighted by Crippen LogP contribution is -2.48. The second kappa shape index (κ2) is 11.1. The minimum Gasteiger partial charge on any atom is -0.492 e. The lowest BCUT2D eigenvalue weighted by atomic mass is 10.2. The van der Waals surface area contributed by atoms with Gasteiger partial charge >= 0.3 is 0 Å². The van der Waals surface area contributed by atoms with Gasteiger partial charge in [-0.25, -0.2) is 13.4 Å². The second-order valence-corrected chi connectivity index (χ2v) is 12.7. The summed E-state index contributed by atoms with van der Waals surface area (Å²) >= 11 is 1.40. The molecule has 0 aliphatic carbocycles. The van der Waals surface area contributed by atoms with Crippen molar-refractivity contribution in [1.82, 2.24) is 19.1 Å². The van der Waals surface area contributed by atoms with Crippen LogP contribution in [-0.2, 0) is 21.4 Å². The fourth-order valence-electron chi connectivity index (χ4n) is 5.00.